The molecule has 0 bridgehead atoms. The lowest BCUT2D eigenvalue weighted by Gasteiger charge is -2.14. The largest absolute Gasteiger partial charge is 0.308 e. The molecule has 0 N–H and O–H groups in total. The second kappa shape index (κ2) is 13.3. The van der Waals surface area contributed by atoms with Crippen LogP contribution in [0.25, 0.3) is 104 Å². The minimum absolute atomic E-state index is 0.621. The van der Waals surface area contributed by atoms with Crippen molar-refractivity contribution in [1.29, 1.82) is 0 Å². The van der Waals surface area contributed by atoms with Crippen molar-refractivity contribution in [1.82, 2.24) is 19.5 Å². The van der Waals surface area contributed by atoms with Gasteiger partial charge in [-0.1, -0.05) is 164 Å². The number of para-hydroxylation sites is 2. The lowest BCUT2D eigenvalue weighted by molar-refractivity contribution is 1.06. The Hall–Kier alpha value is -7.21. The molecule has 11 aromatic rings. The quantitative estimate of drug-likeness (QED) is 0.171. The number of benzene rings is 8. The van der Waals surface area contributed by atoms with Crippen molar-refractivity contribution >= 4 is 53.3 Å². The predicted molar refractivity (Wildman–Crippen MR) is 234 cm³/mol. The van der Waals surface area contributed by atoms with E-state index in [0.717, 1.165) is 44.5 Å². The first-order valence-electron chi connectivity index (χ1n) is 18.8. The van der Waals surface area contributed by atoms with Crippen LogP contribution in [0.4, 0.5) is 0 Å². The first kappa shape index (κ1) is 32.2. The standard InChI is InChI=1S/C51H32N4S/c1-4-16-33(17-5-1)36-22-14-23-37(32-36)50-52-49(35-20-8-3-9-21-35)53-51(54-50)42-25-11-13-29-44(42)55-43-28-12-10-24-41(43)46-45(55)31-30-40-39-27-15-26-38(47(39)56-48(40)46)34-18-6-2-7-19-34/h1-32H. The molecule has 3 heterocycles. The molecule has 3 aromatic heterocycles. The van der Waals surface area contributed by atoms with E-state index in [1.807, 2.05) is 35.6 Å². The van der Waals surface area contributed by atoms with Crippen LogP contribution in [0, 0.1) is 0 Å². The molecule has 0 aliphatic rings. The molecule has 0 aliphatic carbocycles. The molecule has 0 atom stereocenters. The Bertz CT molecular complexity index is 3240. The first-order chi connectivity index (χ1) is 27.8. The molecule has 5 heteroatoms. The van der Waals surface area contributed by atoms with E-state index < -0.39 is 0 Å². The molecule has 0 radical (unpaired) electrons. The van der Waals surface area contributed by atoms with Gasteiger partial charge in [0.2, 0.25) is 0 Å². The average Bonchev–Trinajstić information content (AvgIpc) is 3.83. The van der Waals surface area contributed by atoms with E-state index in [9.17, 15) is 0 Å². The number of fused-ring (bicyclic) bond motifs is 7. The number of rotatable bonds is 6. The van der Waals surface area contributed by atoms with Crippen molar-refractivity contribution in [2.45, 2.75) is 0 Å². The number of thiophene rings is 1. The monoisotopic (exact) mass is 732 g/mol. The topological polar surface area (TPSA) is 43.6 Å². The Balaban J connectivity index is 1.15. The van der Waals surface area contributed by atoms with E-state index >= 15 is 0 Å². The van der Waals surface area contributed by atoms with E-state index in [4.69, 9.17) is 15.0 Å². The zero-order chi connectivity index (χ0) is 37.0. The Morgan fingerprint density at radius 1 is 0.339 bits per heavy atom. The molecule has 0 spiro atoms. The summed E-state index contributed by atoms with van der Waals surface area (Å²) >= 11 is 1.89. The van der Waals surface area contributed by atoms with Crippen LogP contribution in [0.5, 0.6) is 0 Å². The van der Waals surface area contributed by atoms with Crippen LogP contribution < -0.4 is 0 Å². The fourth-order valence-corrected chi connectivity index (χ4v) is 9.47. The van der Waals surface area contributed by atoms with Crippen molar-refractivity contribution in [3.8, 4) is 62.1 Å². The van der Waals surface area contributed by atoms with Gasteiger partial charge < -0.3 is 4.57 Å². The van der Waals surface area contributed by atoms with E-state index in [0.29, 0.717) is 17.5 Å². The highest BCUT2D eigenvalue weighted by Crippen LogP contribution is 2.46. The molecule has 0 amide bonds. The van der Waals surface area contributed by atoms with Gasteiger partial charge in [-0.3, -0.25) is 0 Å². The maximum atomic E-state index is 5.25. The summed E-state index contributed by atoms with van der Waals surface area (Å²) in [6, 6.07) is 68.3. The Kier molecular flexibility index (Phi) is 7.64. The zero-order valence-electron chi connectivity index (χ0n) is 30.2. The molecule has 0 aliphatic heterocycles. The lowest BCUT2D eigenvalue weighted by atomic mass is 10.0. The number of nitrogens with zero attached hydrogens (tertiary/aromatic N) is 4. The molecular formula is C51H32N4S. The number of aromatic nitrogens is 4. The van der Waals surface area contributed by atoms with Crippen molar-refractivity contribution < 1.29 is 0 Å². The van der Waals surface area contributed by atoms with E-state index in [1.54, 1.807) is 0 Å². The van der Waals surface area contributed by atoms with Crippen LogP contribution in [0.15, 0.2) is 194 Å². The lowest BCUT2D eigenvalue weighted by Crippen LogP contribution is -2.03. The van der Waals surface area contributed by atoms with Crippen LogP contribution in [0.3, 0.4) is 0 Å². The second-order valence-corrected chi connectivity index (χ2v) is 15.0. The second-order valence-electron chi connectivity index (χ2n) is 14.0. The summed E-state index contributed by atoms with van der Waals surface area (Å²) in [5.41, 5.74) is 10.8. The van der Waals surface area contributed by atoms with E-state index in [1.165, 1.54) is 42.1 Å². The minimum atomic E-state index is 0.621. The van der Waals surface area contributed by atoms with Gasteiger partial charge in [0, 0.05) is 47.6 Å². The summed E-state index contributed by atoms with van der Waals surface area (Å²) in [7, 11) is 0. The minimum Gasteiger partial charge on any atom is -0.308 e. The molecule has 4 nitrogen and oxygen atoms in total. The van der Waals surface area contributed by atoms with Gasteiger partial charge in [0.25, 0.3) is 0 Å². The molecule has 0 saturated heterocycles. The summed E-state index contributed by atoms with van der Waals surface area (Å²) < 4.78 is 4.99. The third kappa shape index (κ3) is 5.32. The van der Waals surface area contributed by atoms with Crippen molar-refractivity contribution in [2.75, 3.05) is 0 Å². The zero-order valence-corrected chi connectivity index (χ0v) is 31.0. The SMILES string of the molecule is c1ccc(-c2cccc(-c3nc(-c4ccccc4)nc(-c4ccccc4-n4c5ccccc5c5c6sc7c(-c8ccccc8)cccc7c6ccc54)n3)c2)cc1. The van der Waals surface area contributed by atoms with Crippen molar-refractivity contribution in [3.05, 3.63) is 194 Å². The highest BCUT2D eigenvalue weighted by Gasteiger charge is 2.22. The van der Waals surface area contributed by atoms with E-state index in [2.05, 4.69) is 174 Å². The summed E-state index contributed by atoms with van der Waals surface area (Å²) in [6.45, 7) is 0. The smallest absolute Gasteiger partial charge is 0.166 e. The fourth-order valence-electron chi connectivity index (χ4n) is 8.08. The van der Waals surface area contributed by atoms with Crippen LogP contribution >= 0.6 is 11.3 Å². The Morgan fingerprint density at radius 2 is 0.893 bits per heavy atom. The van der Waals surface area contributed by atoms with Crippen molar-refractivity contribution in [2.24, 2.45) is 0 Å². The van der Waals surface area contributed by atoms with Gasteiger partial charge in [0.1, 0.15) is 0 Å². The summed E-state index contributed by atoms with van der Waals surface area (Å²) in [5.74, 6) is 1.88. The van der Waals surface area contributed by atoms with Gasteiger partial charge in [-0.2, -0.15) is 0 Å². The van der Waals surface area contributed by atoms with Gasteiger partial charge in [0.05, 0.1) is 16.7 Å². The third-order valence-electron chi connectivity index (χ3n) is 10.7. The molecule has 262 valence electrons. The van der Waals surface area contributed by atoms with Gasteiger partial charge >= 0.3 is 0 Å². The van der Waals surface area contributed by atoms with Gasteiger partial charge in [-0.25, -0.2) is 15.0 Å². The molecular weight excluding hydrogens is 701 g/mol. The summed E-state index contributed by atoms with van der Waals surface area (Å²) in [5, 5.41) is 5.04. The highest BCUT2D eigenvalue weighted by molar-refractivity contribution is 7.27. The van der Waals surface area contributed by atoms with Crippen LogP contribution in [0.2, 0.25) is 0 Å². The van der Waals surface area contributed by atoms with Crippen LogP contribution in [0.1, 0.15) is 0 Å². The molecule has 0 fully saturated rings. The average molecular weight is 733 g/mol. The predicted octanol–water partition coefficient (Wildman–Crippen LogP) is 13.7. The van der Waals surface area contributed by atoms with Gasteiger partial charge in [0.15, 0.2) is 17.5 Å². The third-order valence-corrected chi connectivity index (χ3v) is 11.9. The normalized spacial score (nSPS) is 11.6. The molecule has 0 saturated carbocycles. The molecule has 0 unspecified atom stereocenters. The summed E-state index contributed by atoms with van der Waals surface area (Å²) in [4.78, 5) is 15.5. The number of hydrogen-bond acceptors (Lipinski definition) is 4. The van der Waals surface area contributed by atoms with Crippen LogP contribution in [-0.4, -0.2) is 19.5 Å². The molecule has 8 aromatic carbocycles. The fraction of sp³-hybridized carbons (Fsp3) is 0. The molecule has 56 heavy (non-hydrogen) atoms. The van der Waals surface area contributed by atoms with Crippen molar-refractivity contribution in [3.63, 3.8) is 0 Å². The maximum Gasteiger partial charge on any atom is 0.166 e. The van der Waals surface area contributed by atoms with Gasteiger partial charge in [-0.15, -0.1) is 11.3 Å². The summed E-state index contributed by atoms with van der Waals surface area (Å²) in [6.07, 6.45) is 0. The van der Waals surface area contributed by atoms with Gasteiger partial charge in [-0.05, 0) is 52.6 Å². The first-order valence-corrected chi connectivity index (χ1v) is 19.6. The van der Waals surface area contributed by atoms with Crippen LogP contribution in [-0.2, 0) is 0 Å². The molecule has 11 rings (SSSR count). The highest BCUT2D eigenvalue weighted by atomic mass is 32.1. The Labute approximate surface area is 327 Å². The number of hydrogen-bond donors (Lipinski definition) is 0. The van der Waals surface area contributed by atoms with E-state index in [-0.39, 0.29) is 0 Å². The maximum absolute atomic E-state index is 5.25. The Morgan fingerprint density at radius 3 is 1.70 bits per heavy atom.